The number of oxazole rings is 1. The highest BCUT2D eigenvalue weighted by molar-refractivity contribution is 7.13. The first-order chi connectivity index (χ1) is 14.8. The number of hydrogen-bond acceptors (Lipinski definition) is 7. The predicted molar refractivity (Wildman–Crippen MR) is 113 cm³/mol. The second kappa shape index (κ2) is 7.92. The topological polar surface area (TPSA) is 94.1 Å². The number of nitrogens with zero attached hydrogens (tertiary/aromatic N) is 3. The van der Waals surface area contributed by atoms with Crippen LogP contribution in [0.15, 0.2) is 75.4 Å². The molecule has 30 heavy (non-hydrogen) atoms. The molecule has 0 bridgehead atoms. The molecule has 5 aromatic rings. The van der Waals surface area contributed by atoms with Gasteiger partial charge in [-0.2, -0.15) is 0 Å². The number of benzene rings is 1. The second-order valence-corrected chi connectivity index (χ2v) is 7.57. The van der Waals surface area contributed by atoms with E-state index < -0.39 is 0 Å². The number of pyridine rings is 1. The maximum atomic E-state index is 12.6. The molecule has 4 aromatic heterocycles. The largest absolute Gasteiger partial charge is 0.443 e. The van der Waals surface area contributed by atoms with Crippen LogP contribution in [-0.4, -0.2) is 27.6 Å². The Labute approximate surface area is 175 Å². The van der Waals surface area contributed by atoms with E-state index in [9.17, 15) is 4.79 Å². The lowest BCUT2D eigenvalue weighted by atomic mass is 10.1. The Morgan fingerprint density at radius 1 is 1.17 bits per heavy atom. The van der Waals surface area contributed by atoms with Crippen LogP contribution in [0.2, 0.25) is 0 Å². The molecule has 7 nitrogen and oxygen atoms in total. The third-order valence-electron chi connectivity index (χ3n) is 4.63. The summed E-state index contributed by atoms with van der Waals surface area (Å²) in [5.74, 6) is 0.368. The molecule has 0 spiro atoms. The second-order valence-electron chi connectivity index (χ2n) is 6.62. The van der Waals surface area contributed by atoms with E-state index in [0.29, 0.717) is 46.8 Å². The average molecular weight is 416 g/mol. The lowest BCUT2D eigenvalue weighted by Gasteiger charge is -2.05. The maximum absolute atomic E-state index is 12.6. The summed E-state index contributed by atoms with van der Waals surface area (Å²) in [6, 6.07) is 13.0. The molecule has 5 rings (SSSR count). The molecule has 1 amide bonds. The van der Waals surface area contributed by atoms with Gasteiger partial charge in [0.15, 0.2) is 5.58 Å². The minimum absolute atomic E-state index is 0.160. The molecule has 8 heteroatoms. The number of rotatable bonds is 6. The molecule has 0 saturated heterocycles. The Kier molecular flexibility index (Phi) is 4.82. The van der Waals surface area contributed by atoms with Gasteiger partial charge in [0.25, 0.3) is 5.91 Å². The number of amides is 1. The number of nitrogens with one attached hydrogen (secondary N) is 1. The van der Waals surface area contributed by atoms with Crippen LogP contribution in [0.25, 0.3) is 33.1 Å². The van der Waals surface area contributed by atoms with Crippen LogP contribution in [0.4, 0.5) is 0 Å². The zero-order chi connectivity index (χ0) is 20.3. The maximum Gasteiger partial charge on any atom is 0.251 e. The van der Waals surface area contributed by atoms with Gasteiger partial charge in [-0.3, -0.25) is 9.78 Å². The van der Waals surface area contributed by atoms with Crippen LogP contribution in [-0.2, 0) is 6.42 Å². The monoisotopic (exact) mass is 416 g/mol. The highest BCUT2D eigenvalue weighted by Gasteiger charge is 2.17. The fourth-order valence-electron chi connectivity index (χ4n) is 3.13. The van der Waals surface area contributed by atoms with Crippen molar-refractivity contribution < 1.29 is 13.7 Å². The third-order valence-corrected chi connectivity index (χ3v) is 5.49. The Hall–Kier alpha value is -3.78. The molecule has 0 unspecified atom stereocenters. The van der Waals surface area contributed by atoms with Gasteiger partial charge in [-0.05, 0) is 47.7 Å². The fraction of sp³-hybridized carbons (Fsp3) is 0.0909. The smallest absolute Gasteiger partial charge is 0.251 e. The molecule has 0 fully saturated rings. The molecule has 0 radical (unpaired) electrons. The lowest BCUT2D eigenvalue weighted by Crippen LogP contribution is -2.25. The predicted octanol–water partition coefficient (Wildman–Crippen LogP) is 4.58. The van der Waals surface area contributed by atoms with Crippen LogP contribution in [0.3, 0.4) is 0 Å². The van der Waals surface area contributed by atoms with Crippen LogP contribution in [0, 0.1) is 0 Å². The molecular weight excluding hydrogens is 400 g/mol. The highest BCUT2D eigenvalue weighted by atomic mass is 32.1. The van der Waals surface area contributed by atoms with Gasteiger partial charge < -0.3 is 14.3 Å². The first-order valence-electron chi connectivity index (χ1n) is 9.34. The minimum atomic E-state index is -0.160. The van der Waals surface area contributed by atoms with Gasteiger partial charge in [-0.15, -0.1) is 11.3 Å². The number of fused-ring (bicyclic) bond motifs is 1. The Balaban J connectivity index is 1.36. The Morgan fingerprint density at radius 3 is 2.97 bits per heavy atom. The lowest BCUT2D eigenvalue weighted by molar-refractivity contribution is 0.0954. The minimum Gasteiger partial charge on any atom is -0.443 e. The summed E-state index contributed by atoms with van der Waals surface area (Å²) in [5, 5.41) is 9.74. The summed E-state index contributed by atoms with van der Waals surface area (Å²) < 4.78 is 11.0. The zero-order valence-electron chi connectivity index (χ0n) is 15.7. The molecule has 4 heterocycles. The van der Waals surface area contributed by atoms with E-state index >= 15 is 0 Å². The van der Waals surface area contributed by atoms with Crippen molar-refractivity contribution in [2.24, 2.45) is 0 Å². The number of thiophene rings is 1. The van der Waals surface area contributed by atoms with E-state index in [0.717, 1.165) is 10.4 Å². The molecule has 1 aromatic carbocycles. The van der Waals surface area contributed by atoms with Crippen LogP contribution in [0.1, 0.15) is 15.9 Å². The van der Waals surface area contributed by atoms with Crippen molar-refractivity contribution >= 4 is 28.2 Å². The summed E-state index contributed by atoms with van der Waals surface area (Å²) in [6.45, 7) is 0.520. The van der Waals surface area contributed by atoms with Crippen molar-refractivity contribution in [2.75, 3.05) is 6.54 Å². The molecule has 0 saturated carbocycles. The van der Waals surface area contributed by atoms with E-state index in [2.05, 4.69) is 20.4 Å². The number of carbonyl (C=O) groups excluding carboxylic acids is 1. The van der Waals surface area contributed by atoms with Crippen molar-refractivity contribution in [3.8, 4) is 22.2 Å². The van der Waals surface area contributed by atoms with E-state index in [1.54, 1.807) is 48.2 Å². The fourth-order valence-corrected chi connectivity index (χ4v) is 3.78. The molecule has 1 N–H and O–H groups in total. The zero-order valence-corrected chi connectivity index (χ0v) is 16.6. The Morgan fingerprint density at radius 2 is 2.13 bits per heavy atom. The first-order valence-corrected chi connectivity index (χ1v) is 10.2. The normalized spacial score (nSPS) is 11.1. The summed E-state index contributed by atoms with van der Waals surface area (Å²) in [6.07, 6.45) is 5.79. The summed E-state index contributed by atoms with van der Waals surface area (Å²) in [7, 11) is 0. The highest BCUT2D eigenvalue weighted by Crippen LogP contribution is 2.31. The molecule has 0 aliphatic rings. The number of carbonyl (C=O) groups is 1. The van der Waals surface area contributed by atoms with Crippen LogP contribution < -0.4 is 5.32 Å². The van der Waals surface area contributed by atoms with Gasteiger partial charge >= 0.3 is 0 Å². The molecule has 0 aliphatic carbocycles. The van der Waals surface area contributed by atoms with Gasteiger partial charge in [0, 0.05) is 24.5 Å². The van der Waals surface area contributed by atoms with E-state index in [4.69, 9.17) is 8.94 Å². The van der Waals surface area contributed by atoms with Crippen molar-refractivity contribution in [1.82, 2.24) is 20.4 Å². The van der Waals surface area contributed by atoms with Crippen molar-refractivity contribution in [1.29, 1.82) is 0 Å². The van der Waals surface area contributed by atoms with Crippen molar-refractivity contribution in [3.63, 3.8) is 0 Å². The Bertz CT molecular complexity index is 1290. The van der Waals surface area contributed by atoms with Crippen molar-refractivity contribution in [3.05, 3.63) is 77.6 Å². The van der Waals surface area contributed by atoms with Crippen LogP contribution >= 0.6 is 11.3 Å². The van der Waals surface area contributed by atoms with E-state index in [-0.39, 0.29) is 5.91 Å². The van der Waals surface area contributed by atoms with Gasteiger partial charge in [0.2, 0.25) is 5.89 Å². The van der Waals surface area contributed by atoms with E-state index in [1.165, 1.54) is 0 Å². The summed E-state index contributed by atoms with van der Waals surface area (Å²) >= 11 is 1.55. The van der Waals surface area contributed by atoms with Crippen LogP contribution in [0.5, 0.6) is 0 Å². The number of aromatic nitrogens is 3. The summed E-state index contributed by atoms with van der Waals surface area (Å²) in [4.78, 5) is 22.1. The quantitative estimate of drug-likeness (QED) is 0.435. The van der Waals surface area contributed by atoms with Gasteiger partial charge in [-0.1, -0.05) is 17.3 Å². The molecule has 0 aliphatic heterocycles. The van der Waals surface area contributed by atoms with Gasteiger partial charge in [-0.25, -0.2) is 4.98 Å². The summed E-state index contributed by atoms with van der Waals surface area (Å²) in [5.41, 5.74) is 3.28. The average Bonchev–Trinajstić information content (AvgIpc) is 3.53. The van der Waals surface area contributed by atoms with Crippen molar-refractivity contribution in [2.45, 2.75) is 6.42 Å². The van der Waals surface area contributed by atoms with Gasteiger partial charge in [0.05, 0.1) is 10.3 Å². The van der Waals surface area contributed by atoms with Gasteiger partial charge in [0.1, 0.15) is 17.7 Å². The molecular formula is C22H16N4O3S. The molecule has 0 atom stereocenters. The SMILES string of the molecule is O=C(NCCc1cccnc1)c1ccc2onc(-c3coc(-c4cccs4)n3)c2c1. The first kappa shape index (κ1) is 18.3. The third kappa shape index (κ3) is 3.60. The number of hydrogen-bond donors (Lipinski definition) is 1. The molecule has 148 valence electrons. The van der Waals surface area contributed by atoms with E-state index in [1.807, 2.05) is 29.6 Å². The standard InChI is InChI=1S/C22H16N4O3S/c27-21(24-9-7-14-3-1-8-23-12-14)15-5-6-18-16(11-15)20(26-29-18)17-13-28-22(25-17)19-4-2-10-30-19/h1-6,8,10-13H,7,9H2,(H,24,27).